The quantitative estimate of drug-likeness (QED) is 0.262. The molecule has 0 bridgehead atoms. The molecule has 0 unspecified atom stereocenters. The summed E-state index contributed by atoms with van der Waals surface area (Å²) in [5.74, 6) is 1.75. The van der Waals surface area contributed by atoms with Crippen LogP contribution in [-0.2, 0) is 6.42 Å². The SMILES string of the molecule is C=CCc1cc(C=Nn2c(-c3ccccc3)nc3ccccc3c2=O)cc(OC)c1OC(C)C. The van der Waals surface area contributed by atoms with E-state index in [1.807, 2.05) is 80.6 Å². The zero-order chi connectivity index (χ0) is 24.1. The van der Waals surface area contributed by atoms with Gasteiger partial charge in [0, 0.05) is 11.1 Å². The zero-order valence-corrected chi connectivity index (χ0v) is 19.6. The van der Waals surface area contributed by atoms with Crippen molar-refractivity contribution in [3.63, 3.8) is 0 Å². The predicted molar refractivity (Wildman–Crippen MR) is 137 cm³/mol. The number of allylic oxidation sites excluding steroid dienone is 1. The molecule has 6 nitrogen and oxygen atoms in total. The van der Waals surface area contributed by atoms with Crippen molar-refractivity contribution in [2.75, 3.05) is 7.11 Å². The maximum absolute atomic E-state index is 13.4. The van der Waals surface area contributed by atoms with E-state index in [0.29, 0.717) is 34.6 Å². The number of methoxy groups -OCH3 is 1. The highest BCUT2D eigenvalue weighted by molar-refractivity contribution is 5.83. The lowest BCUT2D eigenvalue weighted by molar-refractivity contribution is 0.228. The van der Waals surface area contributed by atoms with Crippen LogP contribution >= 0.6 is 0 Å². The molecule has 6 heteroatoms. The molecule has 3 aromatic carbocycles. The number of benzene rings is 3. The normalized spacial score (nSPS) is 11.3. The van der Waals surface area contributed by atoms with E-state index in [1.54, 1.807) is 19.4 Å². The first kappa shape index (κ1) is 23.0. The number of ether oxygens (including phenoxy) is 2. The van der Waals surface area contributed by atoms with Crippen LogP contribution in [0.5, 0.6) is 11.5 Å². The van der Waals surface area contributed by atoms with Gasteiger partial charge in [-0.3, -0.25) is 4.79 Å². The zero-order valence-electron chi connectivity index (χ0n) is 19.6. The minimum atomic E-state index is -0.237. The Labute approximate surface area is 198 Å². The molecule has 0 saturated carbocycles. The van der Waals surface area contributed by atoms with Crippen molar-refractivity contribution in [1.29, 1.82) is 0 Å². The van der Waals surface area contributed by atoms with E-state index in [2.05, 4.69) is 11.7 Å². The van der Waals surface area contributed by atoms with Crippen molar-refractivity contribution in [2.45, 2.75) is 26.4 Å². The topological polar surface area (TPSA) is 65.7 Å². The Morgan fingerprint density at radius 1 is 1.09 bits per heavy atom. The van der Waals surface area contributed by atoms with Crippen molar-refractivity contribution in [2.24, 2.45) is 5.10 Å². The third-order valence-electron chi connectivity index (χ3n) is 5.20. The number of nitrogens with zero attached hydrogens (tertiary/aromatic N) is 3. The highest BCUT2D eigenvalue weighted by atomic mass is 16.5. The van der Waals surface area contributed by atoms with Gasteiger partial charge in [0.1, 0.15) is 0 Å². The first-order valence-electron chi connectivity index (χ1n) is 11.1. The molecule has 1 aromatic heterocycles. The van der Waals surface area contributed by atoms with Gasteiger partial charge in [-0.1, -0.05) is 48.5 Å². The molecule has 0 amide bonds. The van der Waals surface area contributed by atoms with E-state index in [-0.39, 0.29) is 11.7 Å². The summed E-state index contributed by atoms with van der Waals surface area (Å²) in [6.45, 7) is 7.79. The molecule has 0 N–H and O–H groups in total. The van der Waals surface area contributed by atoms with Gasteiger partial charge in [0.15, 0.2) is 17.3 Å². The molecular weight excluding hydrogens is 426 g/mol. The third kappa shape index (κ3) is 4.76. The van der Waals surface area contributed by atoms with Gasteiger partial charge in [0.25, 0.3) is 5.56 Å². The summed E-state index contributed by atoms with van der Waals surface area (Å²) in [6, 6.07) is 20.6. The molecule has 0 fully saturated rings. The van der Waals surface area contributed by atoms with Crippen LogP contribution in [0.15, 0.2) is 89.3 Å². The highest BCUT2D eigenvalue weighted by Crippen LogP contribution is 2.34. The average molecular weight is 454 g/mol. The van der Waals surface area contributed by atoms with Crippen LogP contribution in [0, 0.1) is 0 Å². The van der Waals surface area contributed by atoms with E-state index in [1.165, 1.54) is 4.68 Å². The van der Waals surface area contributed by atoms with Crippen LogP contribution in [0.1, 0.15) is 25.0 Å². The summed E-state index contributed by atoms with van der Waals surface area (Å²) in [5, 5.41) is 5.07. The van der Waals surface area contributed by atoms with Crippen LogP contribution in [0.4, 0.5) is 0 Å². The second kappa shape index (κ2) is 10.2. The van der Waals surface area contributed by atoms with E-state index < -0.39 is 0 Å². The second-order valence-corrected chi connectivity index (χ2v) is 8.05. The molecule has 4 rings (SSSR count). The molecule has 0 saturated heterocycles. The van der Waals surface area contributed by atoms with Crippen molar-refractivity contribution in [3.8, 4) is 22.9 Å². The Bertz CT molecular complexity index is 1410. The Balaban J connectivity index is 1.87. The Hall–Kier alpha value is -4.19. The van der Waals surface area contributed by atoms with Gasteiger partial charge in [-0.2, -0.15) is 9.78 Å². The average Bonchev–Trinajstić information content (AvgIpc) is 2.85. The van der Waals surface area contributed by atoms with E-state index in [4.69, 9.17) is 14.5 Å². The minimum Gasteiger partial charge on any atom is -0.493 e. The number of fused-ring (bicyclic) bond motifs is 1. The van der Waals surface area contributed by atoms with Crippen molar-refractivity contribution < 1.29 is 9.47 Å². The summed E-state index contributed by atoms with van der Waals surface area (Å²) in [6.07, 6.45) is 4.05. The summed E-state index contributed by atoms with van der Waals surface area (Å²) < 4.78 is 12.9. The third-order valence-corrected chi connectivity index (χ3v) is 5.20. The van der Waals surface area contributed by atoms with Crippen LogP contribution in [0.3, 0.4) is 0 Å². The van der Waals surface area contributed by atoms with Crippen molar-refractivity contribution >= 4 is 17.1 Å². The van der Waals surface area contributed by atoms with Crippen molar-refractivity contribution in [1.82, 2.24) is 9.66 Å². The molecular formula is C28H27N3O3. The molecule has 1 heterocycles. The summed E-state index contributed by atoms with van der Waals surface area (Å²) in [7, 11) is 1.60. The van der Waals surface area contributed by atoms with Crippen LogP contribution in [0.2, 0.25) is 0 Å². The number of hydrogen-bond donors (Lipinski definition) is 0. The molecule has 0 aliphatic rings. The Kier molecular flexibility index (Phi) is 6.87. The van der Waals surface area contributed by atoms with Crippen LogP contribution in [0.25, 0.3) is 22.3 Å². The van der Waals surface area contributed by atoms with Crippen LogP contribution < -0.4 is 15.0 Å². The van der Waals surface area contributed by atoms with E-state index in [0.717, 1.165) is 16.7 Å². The van der Waals surface area contributed by atoms with E-state index in [9.17, 15) is 4.79 Å². The fraction of sp³-hybridized carbons (Fsp3) is 0.179. The fourth-order valence-electron chi connectivity index (χ4n) is 3.72. The lowest BCUT2D eigenvalue weighted by Crippen LogP contribution is -2.20. The molecule has 0 aliphatic carbocycles. The Morgan fingerprint density at radius 3 is 2.53 bits per heavy atom. The number of para-hydroxylation sites is 1. The molecule has 0 spiro atoms. The van der Waals surface area contributed by atoms with Gasteiger partial charge in [-0.05, 0) is 50.1 Å². The molecule has 4 aromatic rings. The first-order chi connectivity index (χ1) is 16.5. The number of rotatable bonds is 8. The van der Waals surface area contributed by atoms with Gasteiger partial charge < -0.3 is 9.47 Å². The highest BCUT2D eigenvalue weighted by Gasteiger charge is 2.15. The molecule has 34 heavy (non-hydrogen) atoms. The smallest absolute Gasteiger partial charge is 0.282 e. The lowest BCUT2D eigenvalue weighted by atomic mass is 10.1. The minimum absolute atomic E-state index is 0.00679. The number of hydrogen-bond acceptors (Lipinski definition) is 5. The fourth-order valence-corrected chi connectivity index (χ4v) is 3.72. The maximum Gasteiger partial charge on any atom is 0.282 e. The molecule has 0 radical (unpaired) electrons. The molecule has 0 aliphatic heterocycles. The monoisotopic (exact) mass is 453 g/mol. The van der Waals surface area contributed by atoms with Gasteiger partial charge >= 0.3 is 0 Å². The number of aromatic nitrogens is 2. The van der Waals surface area contributed by atoms with Crippen molar-refractivity contribution in [3.05, 3.63) is 101 Å². The van der Waals surface area contributed by atoms with Crippen LogP contribution in [-0.4, -0.2) is 29.1 Å². The summed E-state index contributed by atoms with van der Waals surface area (Å²) in [5.41, 5.74) is 2.88. The van der Waals surface area contributed by atoms with Gasteiger partial charge in [-0.25, -0.2) is 4.98 Å². The molecule has 172 valence electrons. The molecule has 0 atom stereocenters. The van der Waals surface area contributed by atoms with Gasteiger partial charge in [-0.15, -0.1) is 6.58 Å². The standard InChI is InChI=1S/C28H27N3O3/c1-5-11-22-16-20(17-25(33-4)26(22)34-19(2)3)18-29-31-27(21-12-7-6-8-13-21)30-24-15-10-9-14-23(24)28(31)32/h5-10,12-19H,1,11H2,2-4H3. The van der Waals surface area contributed by atoms with Gasteiger partial charge in [0.05, 0.1) is 30.3 Å². The summed E-state index contributed by atoms with van der Waals surface area (Å²) in [4.78, 5) is 18.1. The Morgan fingerprint density at radius 2 is 1.82 bits per heavy atom. The first-order valence-corrected chi connectivity index (χ1v) is 11.1. The van der Waals surface area contributed by atoms with E-state index >= 15 is 0 Å². The maximum atomic E-state index is 13.4. The van der Waals surface area contributed by atoms with Gasteiger partial charge in [0.2, 0.25) is 0 Å². The predicted octanol–water partition coefficient (Wildman–Crippen LogP) is 5.47. The largest absolute Gasteiger partial charge is 0.493 e. The summed E-state index contributed by atoms with van der Waals surface area (Å²) >= 11 is 0. The lowest BCUT2D eigenvalue weighted by Gasteiger charge is -2.18. The second-order valence-electron chi connectivity index (χ2n) is 8.05.